The second-order valence-corrected chi connectivity index (χ2v) is 6.57. The predicted molar refractivity (Wildman–Crippen MR) is 106 cm³/mol. The zero-order chi connectivity index (χ0) is 20.7. The lowest BCUT2D eigenvalue weighted by atomic mass is 10.1. The number of ether oxygens (including phenoxy) is 3. The van der Waals surface area contributed by atoms with Crippen LogP contribution >= 0.6 is 0 Å². The highest BCUT2D eigenvalue weighted by Gasteiger charge is 2.21. The van der Waals surface area contributed by atoms with E-state index >= 15 is 0 Å². The molecule has 0 N–H and O–H groups in total. The third-order valence-electron chi connectivity index (χ3n) is 4.30. The lowest BCUT2D eigenvalue weighted by Gasteiger charge is -2.25. The van der Waals surface area contributed by atoms with Gasteiger partial charge in [0.15, 0.2) is 11.5 Å². The minimum Gasteiger partial charge on any atom is -0.493 e. The van der Waals surface area contributed by atoms with Gasteiger partial charge in [0.1, 0.15) is 5.82 Å². The van der Waals surface area contributed by atoms with E-state index in [1.165, 1.54) is 33.5 Å². The Morgan fingerprint density at radius 2 is 1.50 bits per heavy atom. The number of hydrogen-bond donors (Lipinski definition) is 0. The van der Waals surface area contributed by atoms with Crippen molar-refractivity contribution in [2.45, 2.75) is 6.54 Å². The molecule has 1 amide bonds. The van der Waals surface area contributed by atoms with Crippen molar-refractivity contribution in [3.8, 4) is 17.2 Å². The molecule has 2 rings (SSSR count). The maximum Gasteiger partial charge on any atom is 0.254 e. The molecule has 0 spiro atoms. The van der Waals surface area contributed by atoms with Crippen LogP contribution in [0.4, 0.5) is 4.39 Å². The summed E-state index contributed by atoms with van der Waals surface area (Å²) in [6.07, 6.45) is 0. The highest BCUT2D eigenvalue weighted by Crippen LogP contribution is 2.38. The fourth-order valence-corrected chi connectivity index (χ4v) is 2.77. The number of methoxy groups -OCH3 is 3. The Morgan fingerprint density at radius 1 is 0.929 bits per heavy atom. The Bertz CT molecular complexity index is 768. The Balaban J connectivity index is 2.36. The fraction of sp³-hybridized carbons (Fsp3) is 0.381. The first kappa shape index (κ1) is 21.5. The van der Waals surface area contributed by atoms with Crippen LogP contribution in [0.5, 0.6) is 17.2 Å². The summed E-state index contributed by atoms with van der Waals surface area (Å²) in [6, 6.07) is 9.42. The third-order valence-corrected chi connectivity index (χ3v) is 4.30. The van der Waals surface area contributed by atoms with Gasteiger partial charge in [-0.1, -0.05) is 12.1 Å². The third kappa shape index (κ3) is 5.36. The van der Waals surface area contributed by atoms with E-state index in [1.54, 1.807) is 29.2 Å². The van der Waals surface area contributed by atoms with Crippen molar-refractivity contribution in [2.24, 2.45) is 0 Å². The van der Waals surface area contributed by atoms with Crippen LogP contribution in [0.3, 0.4) is 0 Å². The van der Waals surface area contributed by atoms with Gasteiger partial charge in [0, 0.05) is 25.2 Å². The second-order valence-electron chi connectivity index (χ2n) is 6.57. The zero-order valence-electron chi connectivity index (χ0n) is 17.0. The van der Waals surface area contributed by atoms with E-state index in [4.69, 9.17) is 14.2 Å². The maximum absolute atomic E-state index is 13.2. The van der Waals surface area contributed by atoms with Crippen LogP contribution in [-0.2, 0) is 6.54 Å². The van der Waals surface area contributed by atoms with Gasteiger partial charge in [-0.05, 0) is 43.9 Å². The molecule has 152 valence electrons. The Labute approximate surface area is 165 Å². The fourth-order valence-electron chi connectivity index (χ4n) is 2.77. The normalized spacial score (nSPS) is 10.7. The smallest absolute Gasteiger partial charge is 0.254 e. The first-order chi connectivity index (χ1) is 13.4. The van der Waals surface area contributed by atoms with E-state index in [0.29, 0.717) is 42.4 Å². The van der Waals surface area contributed by atoms with E-state index in [0.717, 1.165) is 5.56 Å². The van der Waals surface area contributed by atoms with Crippen molar-refractivity contribution in [1.82, 2.24) is 9.80 Å². The first-order valence-electron chi connectivity index (χ1n) is 8.88. The summed E-state index contributed by atoms with van der Waals surface area (Å²) in [6.45, 7) is 1.57. The van der Waals surface area contributed by atoms with Gasteiger partial charge in [-0.25, -0.2) is 4.39 Å². The van der Waals surface area contributed by atoms with E-state index in [-0.39, 0.29) is 11.7 Å². The molecule has 2 aromatic carbocycles. The van der Waals surface area contributed by atoms with Crippen molar-refractivity contribution >= 4 is 5.91 Å². The van der Waals surface area contributed by atoms with Gasteiger partial charge in [0.2, 0.25) is 5.75 Å². The van der Waals surface area contributed by atoms with E-state index in [2.05, 4.69) is 0 Å². The quantitative estimate of drug-likeness (QED) is 0.659. The topological polar surface area (TPSA) is 51.2 Å². The molecule has 0 aliphatic carbocycles. The molecule has 0 fully saturated rings. The Morgan fingerprint density at radius 3 is 1.96 bits per heavy atom. The molecule has 0 atom stereocenters. The van der Waals surface area contributed by atoms with Crippen LogP contribution in [0, 0.1) is 5.82 Å². The minimum atomic E-state index is -0.306. The van der Waals surface area contributed by atoms with Gasteiger partial charge in [-0.2, -0.15) is 0 Å². The van der Waals surface area contributed by atoms with Crippen LogP contribution in [0.1, 0.15) is 15.9 Å². The van der Waals surface area contributed by atoms with E-state index in [1.807, 2.05) is 19.0 Å². The Hall–Kier alpha value is -2.80. The first-order valence-corrected chi connectivity index (χ1v) is 8.88. The number of amides is 1. The van der Waals surface area contributed by atoms with Gasteiger partial charge in [-0.15, -0.1) is 0 Å². The standard InChI is InChI=1S/C21H27FN2O4/c1-23(2)10-11-24(14-15-6-8-17(22)9-7-15)21(25)16-12-18(26-3)20(28-5)19(13-16)27-4/h6-9,12-13H,10-11,14H2,1-5H3. The molecule has 0 radical (unpaired) electrons. The molecule has 2 aromatic rings. The van der Waals surface area contributed by atoms with Crippen LogP contribution in [0.15, 0.2) is 36.4 Å². The molecule has 6 nitrogen and oxygen atoms in total. The summed E-state index contributed by atoms with van der Waals surface area (Å²) in [5.74, 6) is 0.781. The molecule has 0 heterocycles. The lowest BCUT2D eigenvalue weighted by Crippen LogP contribution is -2.36. The van der Waals surface area contributed by atoms with Crippen molar-refractivity contribution in [3.63, 3.8) is 0 Å². The zero-order valence-corrected chi connectivity index (χ0v) is 17.0. The van der Waals surface area contributed by atoms with E-state index < -0.39 is 0 Å². The number of rotatable bonds is 9. The number of halogens is 1. The monoisotopic (exact) mass is 390 g/mol. The van der Waals surface area contributed by atoms with Crippen LogP contribution in [0.25, 0.3) is 0 Å². The van der Waals surface area contributed by atoms with Gasteiger partial charge < -0.3 is 24.0 Å². The van der Waals surface area contributed by atoms with Crippen LogP contribution in [0.2, 0.25) is 0 Å². The van der Waals surface area contributed by atoms with Gasteiger partial charge >= 0.3 is 0 Å². The Kier molecular flexibility index (Phi) is 7.63. The molecule has 28 heavy (non-hydrogen) atoms. The van der Waals surface area contributed by atoms with Crippen LogP contribution in [-0.4, -0.2) is 64.2 Å². The summed E-state index contributed by atoms with van der Waals surface area (Å²) in [4.78, 5) is 17.0. The van der Waals surface area contributed by atoms with Crippen molar-refractivity contribution in [1.29, 1.82) is 0 Å². The number of carbonyl (C=O) groups is 1. The summed E-state index contributed by atoms with van der Waals surface area (Å²) in [7, 11) is 8.42. The summed E-state index contributed by atoms with van der Waals surface area (Å²) < 4.78 is 29.2. The highest BCUT2D eigenvalue weighted by atomic mass is 19.1. The molecule has 0 bridgehead atoms. The number of likely N-dealkylation sites (N-methyl/N-ethyl adjacent to an activating group) is 1. The van der Waals surface area contributed by atoms with Gasteiger partial charge in [0.25, 0.3) is 5.91 Å². The molecule has 7 heteroatoms. The maximum atomic E-state index is 13.2. The minimum absolute atomic E-state index is 0.176. The molecule has 0 unspecified atom stereocenters. The summed E-state index contributed by atoms with van der Waals surface area (Å²) >= 11 is 0. The average molecular weight is 390 g/mol. The van der Waals surface area contributed by atoms with Crippen molar-refractivity contribution in [2.75, 3.05) is 48.5 Å². The van der Waals surface area contributed by atoms with Crippen molar-refractivity contribution in [3.05, 3.63) is 53.3 Å². The number of benzene rings is 2. The summed E-state index contributed by atoms with van der Waals surface area (Å²) in [5.41, 5.74) is 1.27. The molecule has 0 aliphatic rings. The van der Waals surface area contributed by atoms with Crippen molar-refractivity contribution < 1.29 is 23.4 Å². The lowest BCUT2D eigenvalue weighted by molar-refractivity contribution is 0.0731. The number of nitrogens with zero attached hydrogens (tertiary/aromatic N) is 2. The largest absolute Gasteiger partial charge is 0.493 e. The molecule has 0 aliphatic heterocycles. The van der Waals surface area contributed by atoms with Gasteiger partial charge in [0.05, 0.1) is 21.3 Å². The highest BCUT2D eigenvalue weighted by molar-refractivity contribution is 5.95. The number of hydrogen-bond acceptors (Lipinski definition) is 5. The predicted octanol–water partition coefficient (Wildman–Crippen LogP) is 3.06. The SMILES string of the molecule is COc1cc(C(=O)N(CCN(C)C)Cc2ccc(F)cc2)cc(OC)c1OC. The average Bonchev–Trinajstić information content (AvgIpc) is 2.70. The number of carbonyl (C=O) groups excluding carboxylic acids is 1. The summed E-state index contributed by atoms with van der Waals surface area (Å²) in [5, 5.41) is 0. The van der Waals surface area contributed by atoms with Crippen LogP contribution < -0.4 is 14.2 Å². The molecule has 0 saturated heterocycles. The molecule has 0 aromatic heterocycles. The molecule has 0 saturated carbocycles. The molecular formula is C21H27FN2O4. The molecular weight excluding hydrogens is 363 g/mol. The second kappa shape index (κ2) is 9.94. The van der Waals surface area contributed by atoms with Gasteiger partial charge in [-0.3, -0.25) is 4.79 Å². The van der Waals surface area contributed by atoms with E-state index in [9.17, 15) is 9.18 Å².